The molecule has 0 spiro atoms. The first-order valence-corrected chi connectivity index (χ1v) is 10.4. The van der Waals surface area contributed by atoms with Crippen LogP contribution in [0.5, 0.6) is 11.5 Å². The SMILES string of the molecule is COc1ccc(C(=O)Nc2nc3ccc(S(=O)(=O)N(C)C)cc3s2)c(OC)c1. The van der Waals surface area contributed by atoms with Crippen LogP contribution in [0.1, 0.15) is 10.4 Å². The van der Waals surface area contributed by atoms with Crippen LogP contribution in [0.4, 0.5) is 5.13 Å². The van der Waals surface area contributed by atoms with E-state index in [1.165, 1.54) is 45.7 Å². The second-order valence-corrected chi connectivity index (χ2v) is 9.14. The molecule has 1 N–H and O–H groups in total. The third kappa shape index (κ3) is 3.79. The number of carbonyl (C=O) groups excluding carboxylic acids is 1. The van der Waals surface area contributed by atoms with E-state index in [2.05, 4.69) is 10.3 Å². The molecule has 0 saturated heterocycles. The summed E-state index contributed by atoms with van der Waals surface area (Å²) in [6, 6.07) is 9.54. The molecule has 28 heavy (non-hydrogen) atoms. The standard InChI is InChI=1S/C18H19N3O5S2/c1-21(2)28(23,24)12-6-8-14-16(10-12)27-18(19-14)20-17(22)13-7-5-11(25-3)9-15(13)26-4/h5-10H,1-4H3,(H,19,20,22). The van der Waals surface area contributed by atoms with Crippen molar-refractivity contribution in [2.75, 3.05) is 33.6 Å². The Kier molecular flexibility index (Phi) is 5.54. The van der Waals surface area contributed by atoms with Crippen molar-refractivity contribution in [3.05, 3.63) is 42.0 Å². The highest BCUT2D eigenvalue weighted by molar-refractivity contribution is 7.89. The number of nitrogens with one attached hydrogen (secondary N) is 1. The number of thiazole rings is 1. The van der Waals surface area contributed by atoms with Gasteiger partial charge in [0.05, 0.1) is 34.9 Å². The van der Waals surface area contributed by atoms with Crippen LogP contribution in [0.3, 0.4) is 0 Å². The number of methoxy groups -OCH3 is 2. The van der Waals surface area contributed by atoms with Gasteiger partial charge in [0.2, 0.25) is 10.0 Å². The summed E-state index contributed by atoms with van der Waals surface area (Å²) >= 11 is 1.19. The van der Waals surface area contributed by atoms with Crippen molar-refractivity contribution in [1.82, 2.24) is 9.29 Å². The van der Waals surface area contributed by atoms with E-state index in [1.54, 1.807) is 30.3 Å². The minimum atomic E-state index is -3.54. The normalized spacial score (nSPS) is 11.6. The fraction of sp³-hybridized carbons (Fsp3) is 0.222. The van der Waals surface area contributed by atoms with E-state index in [0.717, 1.165) is 4.31 Å². The van der Waals surface area contributed by atoms with Gasteiger partial charge in [0.1, 0.15) is 11.5 Å². The summed E-state index contributed by atoms with van der Waals surface area (Å²) in [6.07, 6.45) is 0. The monoisotopic (exact) mass is 421 g/mol. The number of rotatable bonds is 6. The Morgan fingerprint density at radius 1 is 1.11 bits per heavy atom. The topological polar surface area (TPSA) is 97.8 Å². The van der Waals surface area contributed by atoms with Crippen molar-refractivity contribution in [1.29, 1.82) is 0 Å². The van der Waals surface area contributed by atoms with E-state index in [0.29, 0.717) is 32.4 Å². The summed E-state index contributed by atoms with van der Waals surface area (Å²) in [4.78, 5) is 17.1. The van der Waals surface area contributed by atoms with Gasteiger partial charge < -0.3 is 9.47 Å². The van der Waals surface area contributed by atoms with Gasteiger partial charge in [-0.15, -0.1) is 0 Å². The number of nitrogens with zero attached hydrogens (tertiary/aromatic N) is 2. The molecular formula is C18H19N3O5S2. The maximum atomic E-state index is 12.6. The molecule has 0 aliphatic rings. The quantitative estimate of drug-likeness (QED) is 0.657. The molecule has 3 rings (SSSR count). The summed E-state index contributed by atoms with van der Waals surface area (Å²) in [5.41, 5.74) is 0.929. The Bertz CT molecular complexity index is 1140. The van der Waals surface area contributed by atoms with Gasteiger partial charge in [-0.05, 0) is 30.3 Å². The van der Waals surface area contributed by atoms with Crippen LogP contribution in [0, 0.1) is 0 Å². The first kappa shape index (κ1) is 20.1. The number of carbonyl (C=O) groups is 1. The van der Waals surface area contributed by atoms with Crippen molar-refractivity contribution in [2.45, 2.75) is 4.90 Å². The second-order valence-electron chi connectivity index (χ2n) is 5.96. The van der Waals surface area contributed by atoms with Gasteiger partial charge in [-0.25, -0.2) is 17.7 Å². The summed E-state index contributed by atoms with van der Waals surface area (Å²) in [5, 5.41) is 3.09. The van der Waals surface area contributed by atoms with Gasteiger partial charge in [0, 0.05) is 20.2 Å². The lowest BCUT2D eigenvalue weighted by atomic mass is 10.2. The molecule has 148 valence electrons. The highest BCUT2D eigenvalue weighted by atomic mass is 32.2. The third-order valence-corrected chi connectivity index (χ3v) is 6.76. The molecule has 0 bridgehead atoms. The molecule has 0 unspecified atom stereocenters. The molecule has 2 aromatic carbocycles. The van der Waals surface area contributed by atoms with E-state index < -0.39 is 10.0 Å². The lowest BCUT2D eigenvalue weighted by molar-refractivity contribution is 0.102. The van der Waals surface area contributed by atoms with E-state index in [9.17, 15) is 13.2 Å². The summed E-state index contributed by atoms with van der Waals surface area (Å²) in [6.45, 7) is 0. The Morgan fingerprint density at radius 3 is 2.50 bits per heavy atom. The van der Waals surface area contributed by atoms with Gasteiger partial charge in [-0.2, -0.15) is 0 Å². The fourth-order valence-corrected chi connectivity index (χ4v) is 4.38. The van der Waals surface area contributed by atoms with Crippen molar-refractivity contribution in [2.24, 2.45) is 0 Å². The zero-order chi connectivity index (χ0) is 20.5. The minimum Gasteiger partial charge on any atom is -0.497 e. The van der Waals surface area contributed by atoms with Gasteiger partial charge >= 0.3 is 0 Å². The predicted molar refractivity (Wildman–Crippen MR) is 108 cm³/mol. The number of anilines is 1. The van der Waals surface area contributed by atoms with Crippen LogP contribution >= 0.6 is 11.3 Å². The maximum Gasteiger partial charge on any atom is 0.261 e. The number of hydrogen-bond donors (Lipinski definition) is 1. The predicted octanol–water partition coefficient (Wildman–Crippen LogP) is 2.82. The van der Waals surface area contributed by atoms with E-state index in [4.69, 9.17) is 9.47 Å². The van der Waals surface area contributed by atoms with Crippen molar-refractivity contribution in [3.63, 3.8) is 0 Å². The zero-order valence-corrected chi connectivity index (χ0v) is 17.3. The number of amides is 1. The van der Waals surface area contributed by atoms with Crippen LogP contribution < -0.4 is 14.8 Å². The molecule has 0 aliphatic heterocycles. The lowest BCUT2D eigenvalue weighted by Crippen LogP contribution is -2.22. The Balaban J connectivity index is 1.90. The smallest absolute Gasteiger partial charge is 0.261 e. The summed E-state index contributed by atoms with van der Waals surface area (Å²) < 4.78 is 36.8. The first-order valence-electron chi connectivity index (χ1n) is 8.12. The molecule has 0 radical (unpaired) electrons. The molecule has 0 aliphatic carbocycles. The van der Waals surface area contributed by atoms with Crippen LogP contribution in [-0.2, 0) is 10.0 Å². The Hall–Kier alpha value is -2.69. The molecule has 1 heterocycles. The van der Waals surface area contributed by atoms with Crippen LogP contribution in [0.15, 0.2) is 41.3 Å². The maximum absolute atomic E-state index is 12.6. The number of fused-ring (bicyclic) bond motifs is 1. The summed E-state index contributed by atoms with van der Waals surface area (Å²) in [5.74, 6) is 0.556. The fourth-order valence-electron chi connectivity index (χ4n) is 2.48. The summed E-state index contributed by atoms with van der Waals surface area (Å²) in [7, 11) is 2.40. The number of sulfonamides is 1. The lowest BCUT2D eigenvalue weighted by Gasteiger charge is -2.10. The Labute approximate surface area is 166 Å². The van der Waals surface area contributed by atoms with Gasteiger partial charge in [-0.1, -0.05) is 11.3 Å². The van der Waals surface area contributed by atoms with Crippen molar-refractivity contribution >= 4 is 42.6 Å². The average Bonchev–Trinajstić information content (AvgIpc) is 3.08. The van der Waals surface area contributed by atoms with Gasteiger partial charge in [0.15, 0.2) is 5.13 Å². The third-order valence-electron chi connectivity index (χ3n) is 4.01. The molecule has 0 atom stereocenters. The largest absolute Gasteiger partial charge is 0.497 e. The average molecular weight is 422 g/mol. The molecule has 0 fully saturated rings. The van der Waals surface area contributed by atoms with Crippen LogP contribution in [-0.4, -0.2) is 51.9 Å². The molecule has 0 saturated carbocycles. The number of ether oxygens (including phenoxy) is 2. The number of benzene rings is 2. The molecule has 10 heteroatoms. The first-order chi connectivity index (χ1) is 13.3. The highest BCUT2D eigenvalue weighted by Crippen LogP contribution is 2.30. The van der Waals surface area contributed by atoms with Crippen molar-refractivity contribution in [3.8, 4) is 11.5 Å². The number of aromatic nitrogens is 1. The number of hydrogen-bond acceptors (Lipinski definition) is 7. The van der Waals surface area contributed by atoms with E-state index >= 15 is 0 Å². The van der Waals surface area contributed by atoms with E-state index in [1.807, 2.05) is 0 Å². The molecular weight excluding hydrogens is 402 g/mol. The minimum absolute atomic E-state index is 0.170. The zero-order valence-electron chi connectivity index (χ0n) is 15.7. The van der Waals surface area contributed by atoms with E-state index in [-0.39, 0.29) is 10.8 Å². The second kappa shape index (κ2) is 7.74. The van der Waals surface area contributed by atoms with Crippen molar-refractivity contribution < 1.29 is 22.7 Å². The highest BCUT2D eigenvalue weighted by Gasteiger charge is 2.19. The van der Waals surface area contributed by atoms with Gasteiger partial charge in [0.25, 0.3) is 5.91 Å². The van der Waals surface area contributed by atoms with Crippen LogP contribution in [0.25, 0.3) is 10.2 Å². The van der Waals surface area contributed by atoms with Gasteiger partial charge in [-0.3, -0.25) is 10.1 Å². The molecule has 1 aromatic heterocycles. The molecule has 8 nitrogen and oxygen atoms in total. The Morgan fingerprint density at radius 2 is 1.86 bits per heavy atom. The molecule has 1 amide bonds. The van der Waals surface area contributed by atoms with Crippen LogP contribution in [0.2, 0.25) is 0 Å². The molecule has 3 aromatic rings.